The van der Waals surface area contributed by atoms with Gasteiger partial charge in [-0.3, -0.25) is 0 Å². The van der Waals surface area contributed by atoms with Crippen molar-refractivity contribution in [2.75, 3.05) is 24.7 Å². The van der Waals surface area contributed by atoms with E-state index in [1.54, 1.807) is 18.3 Å². The highest BCUT2D eigenvalue weighted by Gasteiger charge is 2.45. The van der Waals surface area contributed by atoms with E-state index in [0.717, 1.165) is 31.0 Å². The molecule has 0 bridgehead atoms. The molecule has 2 aliphatic heterocycles. The Morgan fingerprint density at radius 3 is 2.76 bits per heavy atom. The monoisotopic (exact) mass is 366 g/mol. The van der Waals surface area contributed by atoms with Crippen LogP contribution < -0.4 is 4.90 Å². The third-order valence-electron chi connectivity index (χ3n) is 4.93. The van der Waals surface area contributed by atoms with Crippen molar-refractivity contribution in [3.63, 3.8) is 0 Å². The number of hydrogen-bond donors (Lipinski definition) is 0. The van der Waals surface area contributed by atoms with E-state index < -0.39 is 11.7 Å². The molecule has 8 heteroatoms. The lowest BCUT2D eigenvalue weighted by Gasteiger charge is -2.34. The standard InChI is InChI=1S/C17H17ClF2N4O/c1-16(19,20)15-21-5-2-14(23-15)24-10-17(3-6-25-7-4-17)11-9-22-13(18)8-12(11)24/h2,5,8-9H,3-4,6-7,10H2,1H3. The molecule has 0 amide bonds. The number of ether oxygens (including phenoxy) is 1. The molecule has 25 heavy (non-hydrogen) atoms. The quantitative estimate of drug-likeness (QED) is 0.756. The molecule has 2 aliphatic rings. The number of aromatic nitrogens is 3. The van der Waals surface area contributed by atoms with Crippen LogP contribution >= 0.6 is 11.6 Å². The minimum Gasteiger partial charge on any atom is -0.381 e. The lowest BCUT2D eigenvalue weighted by atomic mass is 9.76. The molecular formula is C17H17ClF2N4O. The van der Waals surface area contributed by atoms with Crippen LogP contribution in [-0.2, 0) is 16.1 Å². The molecule has 0 unspecified atom stereocenters. The molecule has 0 N–H and O–H groups in total. The van der Waals surface area contributed by atoms with Gasteiger partial charge in [-0.2, -0.15) is 8.78 Å². The molecule has 1 saturated heterocycles. The molecule has 0 aromatic carbocycles. The van der Waals surface area contributed by atoms with Gasteiger partial charge in [0.15, 0.2) is 0 Å². The molecule has 2 aromatic rings. The maximum absolute atomic E-state index is 13.6. The highest BCUT2D eigenvalue weighted by Crippen LogP contribution is 2.49. The topological polar surface area (TPSA) is 51.1 Å². The van der Waals surface area contributed by atoms with E-state index in [4.69, 9.17) is 16.3 Å². The Labute approximate surface area is 149 Å². The highest BCUT2D eigenvalue weighted by atomic mass is 35.5. The van der Waals surface area contributed by atoms with Crippen LogP contribution in [0, 0.1) is 0 Å². The first-order valence-corrected chi connectivity index (χ1v) is 8.50. The van der Waals surface area contributed by atoms with E-state index in [9.17, 15) is 8.78 Å². The maximum Gasteiger partial charge on any atom is 0.303 e. The van der Waals surface area contributed by atoms with Gasteiger partial charge in [-0.1, -0.05) is 11.6 Å². The third-order valence-corrected chi connectivity index (χ3v) is 5.14. The van der Waals surface area contributed by atoms with Gasteiger partial charge in [-0.25, -0.2) is 15.0 Å². The number of hydrogen-bond acceptors (Lipinski definition) is 5. The smallest absolute Gasteiger partial charge is 0.303 e. The third kappa shape index (κ3) is 2.85. The second kappa shape index (κ2) is 5.85. The average Bonchev–Trinajstić information content (AvgIpc) is 2.88. The predicted octanol–water partition coefficient (Wildman–Crippen LogP) is 3.84. The Balaban J connectivity index is 1.80. The van der Waals surface area contributed by atoms with E-state index >= 15 is 0 Å². The number of alkyl halides is 2. The van der Waals surface area contributed by atoms with Crippen LogP contribution in [-0.4, -0.2) is 34.7 Å². The van der Waals surface area contributed by atoms with Gasteiger partial charge in [0.25, 0.3) is 0 Å². The fourth-order valence-corrected chi connectivity index (χ4v) is 3.78. The molecule has 0 radical (unpaired) electrons. The van der Waals surface area contributed by atoms with E-state index in [0.29, 0.717) is 30.7 Å². The van der Waals surface area contributed by atoms with Crippen LogP contribution in [0.15, 0.2) is 24.5 Å². The van der Waals surface area contributed by atoms with Crippen molar-refractivity contribution in [2.45, 2.75) is 31.1 Å². The summed E-state index contributed by atoms with van der Waals surface area (Å²) in [4.78, 5) is 14.0. The van der Waals surface area contributed by atoms with Gasteiger partial charge in [0.05, 0.1) is 5.69 Å². The van der Waals surface area contributed by atoms with Crippen LogP contribution in [0.1, 0.15) is 31.2 Å². The van der Waals surface area contributed by atoms with Crippen molar-refractivity contribution in [3.8, 4) is 0 Å². The van der Waals surface area contributed by atoms with Crippen LogP contribution in [0.4, 0.5) is 20.3 Å². The van der Waals surface area contributed by atoms with Gasteiger partial charge in [0.1, 0.15) is 11.0 Å². The molecule has 5 nitrogen and oxygen atoms in total. The number of anilines is 2. The summed E-state index contributed by atoms with van der Waals surface area (Å²) < 4.78 is 32.8. The molecular weight excluding hydrogens is 350 g/mol. The summed E-state index contributed by atoms with van der Waals surface area (Å²) in [7, 11) is 0. The van der Waals surface area contributed by atoms with Gasteiger partial charge >= 0.3 is 5.92 Å². The predicted molar refractivity (Wildman–Crippen MR) is 89.6 cm³/mol. The minimum atomic E-state index is -3.09. The van der Waals surface area contributed by atoms with Crippen molar-refractivity contribution in [3.05, 3.63) is 41.1 Å². The molecule has 0 aliphatic carbocycles. The number of rotatable bonds is 2. The van der Waals surface area contributed by atoms with Crippen LogP contribution in [0.25, 0.3) is 0 Å². The number of nitrogens with zero attached hydrogens (tertiary/aromatic N) is 4. The van der Waals surface area contributed by atoms with Crippen LogP contribution in [0.5, 0.6) is 0 Å². The van der Waals surface area contributed by atoms with Crippen molar-refractivity contribution in [2.24, 2.45) is 0 Å². The Morgan fingerprint density at radius 1 is 1.28 bits per heavy atom. The van der Waals surface area contributed by atoms with Gasteiger partial charge in [-0.15, -0.1) is 0 Å². The van der Waals surface area contributed by atoms with Gasteiger partial charge in [0, 0.05) is 50.1 Å². The lowest BCUT2D eigenvalue weighted by molar-refractivity contribution is 0.00777. The molecule has 4 rings (SSSR count). The summed E-state index contributed by atoms with van der Waals surface area (Å²) in [5, 5.41) is 0.364. The van der Waals surface area contributed by atoms with E-state index in [1.165, 1.54) is 6.20 Å². The molecule has 1 spiro atoms. The Morgan fingerprint density at radius 2 is 2.04 bits per heavy atom. The zero-order valence-corrected chi connectivity index (χ0v) is 14.4. The summed E-state index contributed by atoms with van der Waals surface area (Å²) in [5.41, 5.74) is 1.82. The number of halogens is 3. The fourth-order valence-electron chi connectivity index (χ4n) is 3.63. The maximum atomic E-state index is 13.6. The minimum absolute atomic E-state index is 0.120. The van der Waals surface area contributed by atoms with Crippen molar-refractivity contribution >= 4 is 23.1 Å². The van der Waals surface area contributed by atoms with Crippen LogP contribution in [0.3, 0.4) is 0 Å². The van der Waals surface area contributed by atoms with Crippen molar-refractivity contribution in [1.82, 2.24) is 15.0 Å². The second-order valence-electron chi connectivity index (χ2n) is 6.63. The summed E-state index contributed by atoms with van der Waals surface area (Å²) in [6.07, 6.45) is 4.86. The number of pyridine rings is 1. The normalized spacial score (nSPS) is 19.3. The summed E-state index contributed by atoms with van der Waals surface area (Å²) in [5.74, 6) is -3.14. The highest BCUT2D eigenvalue weighted by molar-refractivity contribution is 6.29. The first-order chi connectivity index (χ1) is 11.9. The molecule has 2 aromatic heterocycles. The zero-order valence-electron chi connectivity index (χ0n) is 13.7. The second-order valence-corrected chi connectivity index (χ2v) is 7.02. The molecule has 1 fully saturated rings. The Hall–Kier alpha value is -1.86. The lowest BCUT2D eigenvalue weighted by Crippen LogP contribution is -2.37. The van der Waals surface area contributed by atoms with E-state index in [-0.39, 0.29) is 5.41 Å². The first kappa shape index (κ1) is 16.6. The summed E-state index contributed by atoms with van der Waals surface area (Å²) in [6, 6.07) is 3.42. The zero-order chi connectivity index (χ0) is 17.7. The first-order valence-electron chi connectivity index (χ1n) is 8.12. The number of fused-ring (bicyclic) bond motifs is 2. The molecule has 0 saturated carbocycles. The fraction of sp³-hybridized carbons (Fsp3) is 0.471. The van der Waals surface area contributed by atoms with Crippen molar-refractivity contribution in [1.29, 1.82) is 0 Å². The Bertz CT molecular complexity index is 805. The van der Waals surface area contributed by atoms with Crippen molar-refractivity contribution < 1.29 is 13.5 Å². The Kier molecular flexibility index (Phi) is 3.88. The largest absolute Gasteiger partial charge is 0.381 e. The average molecular weight is 367 g/mol. The van der Waals surface area contributed by atoms with Gasteiger partial charge in [0.2, 0.25) is 5.82 Å². The molecule has 0 atom stereocenters. The van der Waals surface area contributed by atoms with Crippen LogP contribution in [0.2, 0.25) is 5.15 Å². The SMILES string of the molecule is CC(F)(F)c1nccc(N2CC3(CCOCC3)c3cnc(Cl)cc32)n1. The molecule has 4 heterocycles. The van der Waals surface area contributed by atoms with Gasteiger partial charge in [-0.05, 0) is 25.0 Å². The molecule has 132 valence electrons. The van der Waals surface area contributed by atoms with E-state index in [2.05, 4.69) is 15.0 Å². The summed E-state index contributed by atoms with van der Waals surface area (Å²) >= 11 is 6.09. The van der Waals surface area contributed by atoms with Gasteiger partial charge < -0.3 is 9.64 Å². The summed E-state index contributed by atoms with van der Waals surface area (Å²) in [6.45, 7) is 2.76. The van der Waals surface area contributed by atoms with E-state index in [1.807, 2.05) is 4.90 Å².